The van der Waals surface area contributed by atoms with Gasteiger partial charge in [-0.3, -0.25) is 4.79 Å². The molecule has 2 aromatic rings. The van der Waals surface area contributed by atoms with Crippen LogP contribution in [0.1, 0.15) is 5.56 Å². The van der Waals surface area contributed by atoms with Crippen LogP contribution in [0.15, 0.2) is 42.6 Å². The summed E-state index contributed by atoms with van der Waals surface area (Å²) in [6, 6.07) is 8.54. The first-order valence-electron chi connectivity index (χ1n) is 7.11. The van der Waals surface area contributed by atoms with Gasteiger partial charge in [-0.05, 0) is 30.3 Å². The fourth-order valence-electron chi connectivity index (χ4n) is 1.83. The van der Waals surface area contributed by atoms with Gasteiger partial charge in [0.25, 0.3) is 0 Å². The van der Waals surface area contributed by atoms with E-state index in [0.717, 1.165) is 0 Å². The highest BCUT2D eigenvalue weighted by Gasteiger charge is 2.08. The van der Waals surface area contributed by atoms with Crippen molar-refractivity contribution in [2.45, 2.75) is 0 Å². The van der Waals surface area contributed by atoms with Crippen LogP contribution in [0.2, 0.25) is 10.0 Å². The van der Waals surface area contributed by atoms with E-state index in [1.807, 2.05) is 0 Å². The number of hydrogen-bond acceptors (Lipinski definition) is 4. The van der Waals surface area contributed by atoms with Gasteiger partial charge >= 0.3 is 0 Å². The standard InChI is InChI=1S/C17H16Cl2N2O3/c1-23-10-11-24-17-15(6-3-9-20-17)21-16(22)8-7-12-13(18)4-2-5-14(12)19/h2-9H,10-11H2,1H3,(H,21,22)/b8-7+. The number of carbonyl (C=O) groups excluding carboxylic acids is 1. The van der Waals surface area contributed by atoms with E-state index < -0.39 is 0 Å². The van der Waals surface area contributed by atoms with Crippen molar-refractivity contribution in [2.75, 3.05) is 25.6 Å². The van der Waals surface area contributed by atoms with Crippen LogP contribution >= 0.6 is 23.2 Å². The van der Waals surface area contributed by atoms with Crippen molar-refractivity contribution in [2.24, 2.45) is 0 Å². The zero-order valence-electron chi connectivity index (χ0n) is 13.0. The zero-order valence-corrected chi connectivity index (χ0v) is 14.5. The highest BCUT2D eigenvalue weighted by atomic mass is 35.5. The molecular weight excluding hydrogens is 351 g/mol. The predicted octanol–water partition coefficient (Wildman–Crippen LogP) is 4.07. The Morgan fingerprint density at radius 1 is 1.21 bits per heavy atom. The molecule has 1 N–H and O–H groups in total. The van der Waals surface area contributed by atoms with E-state index >= 15 is 0 Å². The van der Waals surface area contributed by atoms with Crippen LogP contribution in [0.5, 0.6) is 5.88 Å². The minimum Gasteiger partial charge on any atom is -0.474 e. The second kappa shape index (κ2) is 9.27. The van der Waals surface area contributed by atoms with Crippen molar-refractivity contribution in [1.82, 2.24) is 4.98 Å². The number of amides is 1. The topological polar surface area (TPSA) is 60.5 Å². The molecule has 0 aliphatic carbocycles. The Morgan fingerprint density at radius 3 is 2.67 bits per heavy atom. The Kier molecular flexibility index (Phi) is 7.06. The van der Waals surface area contributed by atoms with Crippen molar-refractivity contribution >= 4 is 40.9 Å². The number of nitrogens with zero attached hydrogens (tertiary/aromatic N) is 1. The molecule has 5 nitrogen and oxygen atoms in total. The molecule has 0 saturated carbocycles. The first kappa shape index (κ1) is 18.3. The largest absolute Gasteiger partial charge is 0.474 e. The lowest BCUT2D eigenvalue weighted by atomic mass is 10.2. The second-order valence-corrected chi connectivity index (χ2v) is 5.47. The van der Waals surface area contributed by atoms with Crippen molar-refractivity contribution in [3.8, 4) is 5.88 Å². The number of pyridine rings is 1. The maximum Gasteiger partial charge on any atom is 0.248 e. The average Bonchev–Trinajstić information content (AvgIpc) is 2.56. The van der Waals surface area contributed by atoms with Crippen molar-refractivity contribution in [3.63, 3.8) is 0 Å². The van der Waals surface area contributed by atoms with Crippen molar-refractivity contribution in [3.05, 3.63) is 58.2 Å². The van der Waals surface area contributed by atoms with Gasteiger partial charge in [-0.15, -0.1) is 0 Å². The second-order valence-electron chi connectivity index (χ2n) is 4.66. The molecule has 0 fully saturated rings. The average molecular weight is 367 g/mol. The normalized spacial score (nSPS) is 10.8. The molecule has 7 heteroatoms. The zero-order chi connectivity index (χ0) is 17.4. The molecule has 0 aliphatic heterocycles. The summed E-state index contributed by atoms with van der Waals surface area (Å²) in [4.78, 5) is 16.2. The van der Waals surface area contributed by atoms with E-state index in [4.69, 9.17) is 32.7 Å². The molecule has 1 heterocycles. The van der Waals surface area contributed by atoms with Crippen LogP contribution < -0.4 is 10.1 Å². The molecule has 1 amide bonds. The molecule has 0 radical (unpaired) electrons. The van der Waals surface area contributed by atoms with Gasteiger partial charge in [0.05, 0.1) is 6.61 Å². The predicted molar refractivity (Wildman–Crippen MR) is 95.7 cm³/mol. The lowest BCUT2D eigenvalue weighted by molar-refractivity contribution is -0.111. The molecule has 126 valence electrons. The van der Waals surface area contributed by atoms with Crippen LogP contribution in [0.25, 0.3) is 6.08 Å². The first-order chi connectivity index (χ1) is 11.6. The van der Waals surface area contributed by atoms with E-state index in [1.54, 1.807) is 49.7 Å². The molecule has 0 atom stereocenters. The number of anilines is 1. The summed E-state index contributed by atoms with van der Waals surface area (Å²) in [5, 5.41) is 3.64. The Bertz CT molecular complexity index is 715. The minimum absolute atomic E-state index is 0.326. The third-order valence-electron chi connectivity index (χ3n) is 2.96. The number of halogens is 2. The highest BCUT2D eigenvalue weighted by molar-refractivity contribution is 6.37. The number of hydrogen-bond donors (Lipinski definition) is 1. The van der Waals surface area contributed by atoms with E-state index in [0.29, 0.717) is 40.4 Å². The number of nitrogens with one attached hydrogen (secondary N) is 1. The summed E-state index contributed by atoms with van der Waals surface area (Å²) in [6.45, 7) is 0.760. The smallest absolute Gasteiger partial charge is 0.248 e. The highest BCUT2D eigenvalue weighted by Crippen LogP contribution is 2.25. The van der Waals surface area contributed by atoms with E-state index in [-0.39, 0.29) is 5.91 Å². The SMILES string of the molecule is COCCOc1ncccc1NC(=O)/C=C/c1c(Cl)cccc1Cl. The van der Waals surface area contributed by atoms with Gasteiger partial charge in [0.15, 0.2) is 0 Å². The number of methoxy groups -OCH3 is 1. The number of aromatic nitrogens is 1. The quantitative estimate of drug-likeness (QED) is 0.592. The fourth-order valence-corrected chi connectivity index (χ4v) is 2.35. The molecule has 1 aromatic carbocycles. The van der Waals surface area contributed by atoms with Crippen molar-refractivity contribution in [1.29, 1.82) is 0 Å². The third-order valence-corrected chi connectivity index (χ3v) is 3.62. The molecule has 1 aromatic heterocycles. The van der Waals surface area contributed by atoms with Gasteiger partial charge < -0.3 is 14.8 Å². The summed E-state index contributed by atoms with van der Waals surface area (Å²) in [7, 11) is 1.58. The molecule has 0 bridgehead atoms. The maximum absolute atomic E-state index is 12.1. The number of carbonyl (C=O) groups is 1. The molecular formula is C17H16Cl2N2O3. The summed E-state index contributed by atoms with van der Waals surface area (Å²) < 4.78 is 10.4. The molecule has 0 spiro atoms. The van der Waals surface area contributed by atoms with E-state index in [2.05, 4.69) is 10.3 Å². The van der Waals surface area contributed by atoms with E-state index in [1.165, 1.54) is 6.08 Å². The van der Waals surface area contributed by atoms with Crippen LogP contribution in [0, 0.1) is 0 Å². The number of rotatable bonds is 7. The van der Waals surface area contributed by atoms with Gasteiger partial charge in [0, 0.05) is 35.0 Å². The lowest BCUT2D eigenvalue weighted by Gasteiger charge is -2.09. The van der Waals surface area contributed by atoms with Crippen LogP contribution in [-0.2, 0) is 9.53 Å². The third kappa shape index (κ3) is 5.23. The Hall–Kier alpha value is -2.08. The lowest BCUT2D eigenvalue weighted by Crippen LogP contribution is -2.12. The monoisotopic (exact) mass is 366 g/mol. The van der Waals surface area contributed by atoms with Gasteiger partial charge in [-0.2, -0.15) is 0 Å². The molecule has 0 aliphatic rings. The Balaban J connectivity index is 2.06. The van der Waals surface area contributed by atoms with Gasteiger partial charge in [-0.1, -0.05) is 29.3 Å². The van der Waals surface area contributed by atoms with Gasteiger partial charge in [-0.25, -0.2) is 4.98 Å². The van der Waals surface area contributed by atoms with Gasteiger partial charge in [0.1, 0.15) is 12.3 Å². The Labute approximate surface area is 150 Å². The summed E-state index contributed by atoms with van der Waals surface area (Å²) >= 11 is 12.1. The van der Waals surface area contributed by atoms with Crippen molar-refractivity contribution < 1.29 is 14.3 Å². The van der Waals surface area contributed by atoms with Crippen LogP contribution in [0.4, 0.5) is 5.69 Å². The molecule has 0 saturated heterocycles. The minimum atomic E-state index is -0.351. The Morgan fingerprint density at radius 2 is 1.96 bits per heavy atom. The molecule has 24 heavy (non-hydrogen) atoms. The fraction of sp³-hybridized carbons (Fsp3) is 0.176. The van der Waals surface area contributed by atoms with Crippen LogP contribution in [0.3, 0.4) is 0 Å². The van der Waals surface area contributed by atoms with Crippen LogP contribution in [-0.4, -0.2) is 31.2 Å². The number of benzene rings is 1. The maximum atomic E-state index is 12.1. The van der Waals surface area contributed by atoms with Gasteiger partial charge in [0.2, 0.25) is 11.8 Å². The first-order valence-corrected chi connectivity index (χ1v) is 7.87. The molecule has 0 unspecified atom stereocenters. The summed E-state index contributed by atoms with van der Waals surface area (Å²) in [5.74, 6) is -0.0253. The van der Waals surface area contributed by atoms with E-state index in [9.17, 15) is 4.79 Å². The molecule has 2 rings (SSSR count). The summed E-state index contributed by atoms with van der Waals surface area (Å²) in [6.07, 6.45) is 4.48. The number of ether oxygens (including phenoxy) is 2. The summed E-state index contributed by atoms with van der Waals surface area (Å²) in [5.41, 5.74) is 1.05.